The van der Waals surface area contributed by atoms with Gasteiger partial charge in [0, 0.05) is 28.7 Å². The van der Waals surface area contributed by atoms with E-state index < -0.39 is 0 Å². The Bertz CT molecular complexity index is 886. The average Bonchev–Trinajstić information content (AvgIpc) is 2.90. The highest BCUT2D eigenvalue weighted by molar-refractivity contribution is 5.94. The third-order valence-corrected chi connectivity index (χ3v) is 4.07. The van der Waals surface area contributed by atoms with Gasteiger partial charge in [0.15, 0.2) is 0 Å². The van der Waals surface area contributed by atoms with Crippen molar-refractivity contribution >= 4 is 16.8 Å². The van der Waals surface area contributed by atoms with Crippen molar-refractivity contribution in [2.75, 3.05) is 13.7 Å². The molecular formula is C19H19FN2O2. The van der Waals surface area contributed by atoms with Crippen LogP contribution in [-0.2, 0) is 6.42 Å². The highest BCUT2D eigenvalue weighted by atomic mass is 19.1. The first-order valence-corrected chi connectivity index (χ1v) is 7.77. The lowest BCUT2D eigenvalue weighted by Gasteiger charge is -2.07. The Labute approximate surface area is 139 Å². The first-order valence-electron chi connectivity index (χ1n) is 7.77. The fraction of sp³-hybridized carbons (Fsp3) is 0.211. The number of hydrogen-bond acceptors (Lipinski definition) is 2. The first-order chi connectivity index (χ1) is 11.6. The zero-order valence-electron chi connectivity index (χ0n) is 13.7. The third-order valence-electron chi connectivity index (χ3n) is 4.07. The number of hydrogen-bond donors (Lipinski definition) is 2. The molecule has 2 aromatic carbocycles. The molecule has 0 aliphatic carbocycles. The Balaban J connectivity index is 1.69. The minimum atomic E-state index is -0.261. The van der Waals surface area contributed by atoms with Gasteiger partial charge in [0.2, 0.25) is 0 Å². The number of ether oxygens (including phenoxy) is 1. The predicted molar refractivity (Wildman–Crippen MR) is 92.0 cm³/mol. The van der Waals surface area contributed by atoms with Gasteiger partial charge in [-0.15, -0.1) is 0 Å². The van der Waals surface area contributed by atoms with Crippen LogP contribution in [0.25, 0.3) is 10.9 Å². The van der Waals surface area contributed by atoms with Crippen LogP contribution in [0.2, 0.25) is 0 Å². The molecule has 4 nitrogen and oxygen atoms in total. The molecule has 1 amide bonds. The van der Waals surface area contributed by atoms with E-state index in [4.69, 9.17) is 4.74 Å². The number of rotatable bonds is 5. The van der Waals surface area contributed by atoms with E-state index in [2.05, 4.69) is 10.3 Å². The van der Waals surface area contributed by atoms with Crippen LogP contribution in [0.1, 0.15) is 21.6 Å². The number of amides is 1. The molecule has 0 saturated heterocycles. The molecule has 0 unspecified atom stereocenters. The number of aromatic amines is 1. The maximum atomic E-state index is 13.5. The van der Waals surface area contributed by atoms with E-state index in [1.165, 1.54) is 12.1 Å². The summed E-state index contributed by atoms with van der Waals surface area (Å²) in [5.74, 6) is 0.228. The standard InChI is InChI=1S/C19H19FN2O2/c1-12-16(17-11-14(20)6-7-18(17)22-12)8-9-21-19(23)13-4-3-5-15(10-13)24-2/h3-7,10-11,22H,8-9H2,1-2H3,(H,21,23). The quantitative estimate of drug-likeness (QED) is 0.753. The number of benzene rings is 2. The van der Waals surface area contributed by atoms with Crippen LogP contribution in [0.3, 0.4) is 0 Å². The number of methoxy groups -OCH3 is 1. The zero-order chi connectivity index (χ0) is 17.1. The van der Waals surface area contributed by atoms with E-state index in [9.17, 15) is 9.18 Å². The van der Waals surface area contributed by atoms with E-state index in [0.29, 0.717) is 24.3 Å². The lowest BCUT2D eigenvalue weighted by atomic mass is 10.1. The molecule has 1 heterocycles. The molecule has 0 aliphatic rings. The lowest BCUT2D eigenvalue weighted by molar-refractivity contribution is 0.0954. The molecule has 0 fully saturated rings. The Morgan fingerprint density at radius 3 is 2.88 bits per heavy atom. The Kier molecular flexibility index (Phi) is 4.51. The van der Waals surface area contributed by atoms with E-state index in [0.717, 1.165) is 22.2 Å². The topological polar surface area (TPSA) is 54.1 Å². The summed E-state index contributed by atoms with van der Waals surface area (Å²) in [4.78, 5) is 15.5. The molecule has 0 radical (unpaired) electrons. The van der Waals surface area contributed by atoms with E-state index in [1.54, 1.807) is 37.4 Å². The van der Waals surface area contributed by atoms with Gasteiger partial charge in [0.05, 0.1) is 7.11 Å². The molecule has 3 rings (SSSR count). The van der Waals surface area contributed by atoms with Crippen molar-refractivity contribution in [2.24, 2.45) is 0 Å². The van der Waals surface area contributed by atoms with Crippen molar-refractivity contribution in [2.45, 2.75) is 13.3 Å². The molecule has 0 atom stereocenters. The number of aryl methyl sites for hydroxylation is 1. The smallest absolute Gasteiger partial charge is 0.251 e. The van der Waals surface area contributed by atoms with Crippen molar-refractivity contribution < 1.29 is 13.9 Å². The number of nitrogens with one attached hydrogen (secondary N) is 2. The molecule has 24 heavy (non-hydrogen) atoms. The number of halogens is 1. The second kappa shape index (κ2) is 6.74. The Morgan fingerprint density at radius 2 is 2.08 bits per heavy atom. The summed E-state index contributed by atoms with van der Waals surface area (Å²) in [5.41, 5.74) is 3.47. The number of carbonyl (C=O) groups excluding carboxylic acids is 1. The summed E-state index contributed by atoms with van der Waals surface area (Å²) in [6.45, 7) is 2.43. The monoisotopic (exact) mass is 326 g/mol. The Hall–Kier alpha value is -2.82. The van der Waals surface area contributed by atoms with Crippen molar-refractivity contribution in [3.05, 3.63) is 65.1 Å². The van der Waals surface area contributed by atoms with Gasteiger partial charge in [-0.1, -0.05) is 6.07 Å². The molecule has 2 N–H and O–H groups in total. The molecule has 0 spiro atoms. The fourth-order valence-electron chi connectivity index (χ4n) is 2.84. The first kappa shape index (κ1) is 16.1. The van der Waals surface area contributed by atoms with Crippen LogP contribution in [0.5, 0.6) is 5.75 Å². The molecule has 0 saturated carbocycles. The molecule has 0 aliphatic heterocycles. The van der Waals surface area contributed by atoms with Gasteiger partial charge in [-0.2, -0.15) is 0 Å². The van der Waals surface area contributed by atoms with Gasteiger partial charge in [0.1, 0.15) is 11.6 Å². The molecule has 1 aromatic heterocycles. The SMILES string of the molecule is COc1cccc(C(=O)NCCc2c(C)[nH]c3ccc(F)cc23)c1. The number of H-pyrrole nitrogens is 1. The molecule has 124 valence electrons. The lowest BCUT2D eigenvalue weighted by Crippen LogP contribution is -2.25. The van der Waals surface area contributed by atoms with Crippen molar-refractivity contribution in [3.8, 4) is 5.75 Å². The third kappa shape index (κ3) is 3.25. The molecule has 5 heteroatoms. The minimum Gasteiger partial charge on any atom is -0.497 e. The van der Waals surface area contributed by atoms with Crippen molar-refractivity contribution in [3.63, 3.8) is 0 Å². The van der Waals surface area contributed by atoms with Gasteiger partial charge < -0.3 is 15.0 Å². The van der Waals surface area contributed by atoms with Crippen molar-refractivity contribution in [1.82, 2.24) is 10.3 Å². The van der Waals surface area contributed by atoms with Gasteiger partial charge in [-0.05, 0) is 55.3 Å². The highest BCUT2D eigenvalue weighted by Gasteiger charge is 2.11. The normalized spacial score (nSPS) is 10.8. The fourth-order valence-corrected chi connectivity index (χ4v) is 2.84. The largest absolute Gasteiger partial charge is 0.497 e. The molecule has 0 bridgehead atoms. The van der Waals surface area contributed by atoms with Crippen LogP contribution in [0, 0.1) is 12.7 Å². The van der Waals surface area contributed by atoms with Crippen LogP contribution >= 0.6 is 0 Å². The number of aromatic nitrogens is 1. The Morgan fingerprint density at radius 1 is 1.25 bits per heavy atom. The maximum absolute atomic E-state index is 13.5. The van der Waals surface area contributed by atoms with Gasteiger partial charge in [0.25, 0.3) is 5.91 Å². The minimum absolute atomic E-state index is 0.155. The summed E-state index contributed by atoms with van der Waals surface area (Å²) < 4.78 is 18.6. The molecular weight excluding hydrogens is 307 g/mol. The number of carbonyl (C=O) groups is 1. The highest BCUT2D eigenvalue weighted by Crippen LogP contribution is 2.23. The van der Waals surface area contributed by atoms with E-state index in [-0.39, 0.29) is 11.7 Å². The summed E-state index contributed by atoms with van der Waals surface area (Å²) in [7, 11) is 1.57. The van der Waals surface area contributed by atoms with Gasteiger partial charge in [-0.3, -0.25) is 4.79 Å². The maximum Gasteiger partial charge on any atom is 0.251 e. The van der Waals surface area contributed by atoms with E-state index in [1.807, 2.05) is 6.92 Å². The summed E-state index contributed by atoms with van der Waals surface area (Å²) in [6, 6.07) is 11.7. The predicted octanol–water partition coefficient (Wildman–Crippen LogP) is 3.60. The van der Waals surface area contributed by atoms with E-state index >= 15 is 0 Å². The summed E-state index contributed by atoms with van der Waals surface area (Å²) in [6.07, 6.45) is 0.630. The van der Waals surface area contributed by atoms with Crippen LogP contribution in [0.4, 0.5) is 4.39 Å². The van der Waals surface area contributed by atoms with Gasteiger partial charge in [-0.25, -0.2) is 4.39 Å². The zero-order valence-corrected chi connectivity index (χ0v) is 13.7. The number of fused-ring (bicyclic) bond motifs is 1. The van der Waals surface area contributed by atoms with Crippen LogP contribution < -0.4 is 10.1 Å². The van der Waals surface area contributed by atoms with Crippen LogP contribution in [0.15, 0.2) is 42.5 Å². The second-order valence-corrected chi connectivity index (χ2v) is 5.66. The van der Waals surface area contributed by atoms with Crippen LogP contribution in [-0.4, -0.2) is 24.5 Å². The second-order valence-electron chi connectivity index (χ2n) is 5.66. The van der Waals surface area contributed by atoms with Gasteiger partial charge >= 0.3 is 0 Å². The molecule has 3 aromatic rings. The average molecular weight is 326 g/mol. The summed E-state index contributed by atoms with van der Waals surface area (Å²) in [5, 5.41) is 3.76. The summed E-state index contributed by atoms with van der Waals surface area (Å²) >= 11 is 0. The van der Waals surface area contributed by atoms with Crippen molar-refractivity contribution in [1.29, 1.82) is 0 Å².